The van der Waals surface area contributed by atoms with Crippen LogP contribution in [0.3, 0.4) is 0 Å². The maximum atomic E-state index is 12.6. The second-order valence-corrected chi connectivity index (χ2v) is 8.90. The highest BCUT2D eigenvalue weighted by molar-refractivity contribution is 7.10. The molecule has 27 heavy (non-hydrogen) atoms. The summed E-state index contributed by atoms with van der Waals surface area (Å²) >= 11 is 3.25. The first kappa shape index (κ1) is 18.1. The number of rotatable bonds is 6. The number of benzene rings is 1. The SMILES string of the molecule is CC1(C)Cc2cccc(OCC(=O)N[C@@H](c3ccsc3)c3cccs3)c2O1. The van der Waals surface area contributed by atoms with E-state index in [-0.39, 0.29) is 24.2 Å². The van der Waals surface area contributed by atoms with Crippen molar-refractivity contribution in [1.82, 2.24) is 5.32 Å². The molecule has 4 rings (SSSR count). The van der Waals surface area contributed by atoms with Crippen molar-refractivity contribution < 1.29 is 14.3 Å². The number of carbonyl (C=O) groups is 1. The summed E-state index contributed by atoms with van der Waals surface area (Å²) in [6, 6.07) is 11.8. The van der Waals surface area contributed by atoms with Crippen LogP contribution in [0.2, 0.25) is 0 Å². The van der Waals surface area contributed by atoms with Crippen LogP contribution < -0.4 is 14.8 Å². The van der Waals surface area contributed by atoms with Crippen LogP contribution in [0, 0.1) is 0 Å². The Bertz CT molecular complexity index is 883. The number of nitrogens with one attached hydrogen (secondary N) is 1. The first-order valence-corrected chi connectivity index (χ1v) is 10.6. The number of para-hydroxylation sites is 1. The van der Waals surface area contributed by atoms with Gasteiger partial charge in [-0.05, 0) is 53.8 Å². The zero-order valence-corrected chi connectivity index (χ0v) is 16.9. The third-order valence-electron chi connectivity index (χ3n) is 4.42. The van der Waals surface area contributed by atoms with Gasteiger partial charge in [0.05, 0.1) is 6.04 Å². The number of thiophene rings is 2. The van der Waals surface area contributed by atoms with Crippen LogP contribution in [0.25, 0.3) is 0 Å². The van der Waals surface area contributed by atoms with E-state index < -0.39 is 0 Å². The number of carbonyl (C=O) groups excluding carboxylic acids is 1. The van der Waals surface area contributed by atoms with E-state index in [2.05, 4.69) is 24.5 Å². The van der Waals surface area contributed by atoms with Crippen molar-refractivity contribution in [3.8, 4) is 11.5 Å². The van der Waals surface area contributed by atoms with Gasteiger partial charge in [-0.15, -0.1) is 11.3 Å². The number of fused-ring (bicyclic) bond motifs is 1. The minimum Gasteiger partial charge on any atom is -0.483 e. The normalized spacial score (nSPS) is 15.6. The molecule has 0 bridgehead atoms. The Hall–Kier alpha value is -2.31. The van der Waals surface area contributed by atoms with E-state index in [1.54, 1.807) is 22.7 Å². The van der Waals surface area contributed by atoms with Gasteiger partial charge >= 0.3 is 0 Å². The largest absolute Gasteiger partial charge is 0.483 e. The van der Waals surface area contributed by atoms with E-state index >= 15 is 0 Å². The molecule has 6 heteroatoms. The fourth-order valence-electron chi connectivity index (χ4n) is 3.26. The van der Waals surface area contributed by atoms with Crippen LogP contribution in [0.5, 0.6) is 11.5 Å². The highest BCUT2D eigenvalue weighted by Crippen LogP contribution is 2.41. The lowest BCUT2D eigenvalue weighted by Crippen LogP contribution is -2.32. The average Bonchev–Trinajstić information content (AvgIpc) is 3.37. The summed E-state index contributed by atoms with van der Waals surface area (Å²) in [4.78, 5) is 13.7. The van der Waals surface area contributed by atoms with Gasteiger partial charge in [0.25, 0.3) is 5.91 Å². The summed E-state index contributed by atoms with van der Waals surface area (Å²) in [6.07, 6.45) is 0.838. The molecule has 1 aliphatic heterocycles. The lowest BCUT2D eigenvalue weighted by molar-refractivity contribution is -0.123. The standard InChI is InChI=1S/C21H21NO3S2/c1-21(2)11-14-5-3-6-16(20(14)25-21)24-12-18(23)22-19(15-8-10-26-13-15)17-7-4-9-27-17/h3-10,13,19H,11-12H2,1-2H3,(H,22,23)/t19-/m0/s1. The zero-order valence-electron chi connectivity index (χ0n) is 15.2. The molecule has 0 fully saturated rings. The van der Waals surface area contributed by atoms with Crippen molar-refractivity contribution in [3.63, 3.8) is 0 Å². The molecule has 1 aliphatic rings. The minimum absolute atomic E-state index is 0.0494. The Morgan fingerprint density at radius 1 is 1.26 bits per heavy atom. The van der Waals surface area contributed by atoms with Crippen LogP contribution in [0.4, 0.5) is 0 Å². The minimum atomic E-state index is -0.243. The van der Waals surface area contributed by atoms with Gasteiger partial charge in [0.2, 0.25) is 0 Å². The van der Waals surface area contributed by atoms with Crippen LogP contribution in [-0.4, -0.2) is 18.1 Å². The maximum Gasteiger partial charge on any atom is 0.258 e. The van der Waals surface area contributed by atoms with Gasteiger partial charge in [0.15, 0.2) is 18.1 Å². The Balaban J connectivity index is 1.44. The molecular weight excluding hydrogens is 378 g/mol. The Labute approximate surface area is 166 Å². The molecule has 0 saturated heterocycles. The number of hydrogen-bond donors (Lipinski definition) is 1. The number of amides is 1. The van der Waals surface area contributed by atoms with Crippen molar-refractivity contribution in [2.75, 3.05) is 6.61 Å². The second kappa shape index (κ2) is 7.37. The molecule has 0 radical (unpaired) electrons. The first-order valence-electron chi connectivity index (χ1n) is 8.80. The molecule has 3 heterocycles. The van der Waals surface area contributed by atoms with Gasteiger partial charge in [0.1, 0.15) is 5.60 Å². The lowest BCUT2D eigenvalue weighted by atomic mass is 10.0. The molecule has 0 unspecified atom stereocenters. The van der Waals surface area contributed by atoms with E-state index in [0.29, 0.717) is 5.75 Å². The van der Waals surface area contributed by atoms with Crippen molar-refractivity contribution in [3.05, 3.63) is 68.5 Å². The third kappa shape index (κ3) is 4.01. The highest BCUT2D eigenvalue weighted by atomic mass is 32.1. The van der Waals surface area contributed by atoms with E-state index in [1.165, 1.54) is 0 Å². The van der Waals surface area contributed by atoms with Crippen molar-refractivity contribution in [2.45, 2.75) is 31.9 Å². The summed E-state index contributed by atoms with van der Waals surface area (Å²) in [5.74, 6) is 1.22. The van der Waals surface area contributed by atoms with Crippen LogP contribution in [-0.2, 0) is 11.2 Å². The smallest absolute Gasteiger partial charge is 0.258 e. The second-order valence-electron chi connectivity index (χ2n) is 7.14. The van der Waals surface area contributed by atoms with Crippen molar-refractivity contribution in [1.29, 1.82) is 0 Å². The summed E-state index contributed by atoms with van der Waals surface area (Å²) in [5, 5.41) is 9.19. The molecule has 1 atom stereocenters. The molecule has 2 aromatic heterocycles. The predicted molar refractivity (Wildman–Crippen MR) is 109 cm³/mol. The third-order valence-corrected chi connectivity index (χ3v) is 6.06. The Morgan fingerprint density at radius 2 is 2.15 bits per heavy atom. The molecule has 0 spiro atoms. The van der Waals surface area contributed by atoms with Crippen molar-refractivity contribution in [2.24, 2.45) is 0 Å². The van der Waals surface area contributed by atoms with Crippen LogP contribution in [0.15, 0.2) is 52.5 Å². The van der Waals surface area contributed by atoms with Gasteiger partial charge in [-0.2, -0.15) is 11.3 Å². The molecular formula is C21H21NO3S2. The predicted octanol–water partition coefficient (Wildman–Crippen LogP) is 4.81. The topological polar surface area (TPSA) is 47.6 Å². The average molecular weight is 400 g/mol. The molecule has 4 nitrogen and oxygen atoms in total. The van der Waals surface area contributed by atoms with Gasteiger partial charge in [-0.25, -0.2) is 0 Å². The monoisotopic (exact) mass is 399 g/mol. The van der Waals surface area contributed by atoms with E-state index in [9.17, 15) is 4.79 Å². The Kier molecular flexibility index (Phi) is 4.93. The van der Waals surface area contributed by atoms with Crippen molar-refractivity contribution >= 4 is 28.6 Å². The molecule has 1 N–H and O–H groups in total. The van der Waals surface area contributed by atoms with Gasteiger partial charge in [-0.1, -0.05) is 18.2 Å². The van der Waals surface area contributed by atoms with Crippen LogP contribution >= 0.6 is 22.7 Å². The quantitative estimate of drug-likeness (QED) is 0.647. The molecule has 0 aliphatic carbocycles. The van der Waals surface area contributed by atoms with Gasteiger partial charge in [0, 0.05) is 16.9 Å². The van der Waals surface area contributed by atoms with E-state index in [1.807, 2.05) is 47.2 Å². The van der Waals surface area contributed by atoms with Gasteiger partial charge in [-0.3, -0.25) is 4.79 Å². The summed E-state index contributed by atoms with van der Waals surface area (Å²) < 4.78 is 11.8. The molecule has 0 saturated carbocycles. The molecule has 1 aromatic carbocycles. The Morgan fingerprint density at radius 3 is 2.89 bits per heavy atom. The summed E-state index contributed by atoms with van der Waals surface area (Å²) in [7, 11) is 0. The molecule has 140 valence electrons. The van der Waals surface area contributed by atoms with Crippen LogP contribution in [0.1, 0.15) is 35.9 Å². The van der Waals surface area contributed by atoms with E-state index in [0.717, 1.165) is 28.2 Å². The fourth-order valence-corrected chi connectivity index (χ4v) is 4.75. The van der Waals surface area contributed by atoms with Gasteiger partial charge < -0.3 is 14.8 Å². The first-order chi connectivity index (χ1) is 13.0. The number of ether oxygens (including phenoxy) is 2. The molecule has 3 aromatic rings. The van der Waals surface area contributed by atoms with E-state index in [4.69, 9.17) is 9.47 Å². The maximum absolute atomic E-state index is 12.6. The zero-order chi connectivity index (χ0) is 18.9. The number of hydrogen-bond acceptors (Lipinski definition) is 5. The summed E-state index contributed by atoms with van der Waals surface area (Å²) in [6.45, 7) is 4.05. The highest BCUT2D eigenvalue weighted by Gasteiger charge is 2.32. The fraction of sp³-hybridized carbons (Fsp3) is 0.286. The lowest BCUT2D eigenvalue weighted by Gasteiger charge is -2.19. The summed E-state index contributed by atoms with van der Waals surface area (Å²) in [5.41, 5.74) is 1.96. The molecule has 1 amide bonds.